The van der Waals surface area contributed by atoms with Crippen molar-refractivity contribution in [2.45, 2.75) is 6.61 Å². The van der Waals surface area contributed by atoms with Crippen LogP contribution >= 0.6 is 0 Å². The Bertz CT molecular complexity index is 461. The van der Waals surface area contributed by atoms with Crippen molar-refractivity contribution in [2.24, 2.45) is 0 Å². The Morgan fingerprint density at radius 1 is 1.25 bits per heavy atom. The molecule has 1 aromatic heterocycles. The number of hydrogen-bond donors (Lipinski definition) is 1. The molecule has 0 saturated carbocycles. The first-order chi connectivity index (χ1) is 7.72. The van der Waals surface area contributed by atoms with Crippen molar-refractivity contribution in [3.05, 3.63) is 36.2 Å². The van der Waals surface area contributed by atoms with E-state index in [1.54, 1.807) is 10.9 Å². The lowest BCUT2D eigenvalue weighted by Crippen LogP contribution is -2.09. The third kappa shape index (κ3) is 1.90. The summed E-state index contributed by atoms with van der Waals surface area (Å²) in [6, 6.07) is 7.89. The van der Waals surface area contributed by atoms with E-state index in [-0.39, 0.29) is 6.61 Å². The molecule has 0 spiro atoms. The van der Waals surface area contributed by atoms with Gasteiger partial charge in [-0.1, -0.05) is 5.21 Å². The first-order valence-electron chi connectivity index (χ1n) is 5.00. The fourth-order valence-electron chi connectivity index (χ4n) is 1.47. The van der Waals surface area contributed by atoms with Gasteiger partial charge in [-0.3, -0.25) is 0 Å². The highest BCUT2D eigenvalue weighted by Gasteiger charge is 2.04. The molecular formula is C11H14N4O. The topological polar surface area (TPSA) is 54.2 Å². The molecule has 1 heterocycles. The number of aliphatic hydroxyl groups excluding tert-OH is 1. The zero-order valence-electron chi connectivity index (χ0n) is 9.33. The molecule has 5 nitrogen and oxygen atoms in total. The smallest absolute Gasteiger partial charge is 0.0900 e. The molecule has 0 aliphatic carbocycles. The molecule has 84 valence electrons. The highest BCUT2D eigenvalue weighted by Crippen LogP contribution is 2.15. The van der Waals surface area contributed by atoms with Gasteiger partial charge in [0.15, 0.2) is 0 Å². The van der Waals surface area contributed by atoms with Crippen LogP contribution in [0.15, 0.2) is 30.5 Å². The van der Waals surface area contributed by atoms with Gasteiger partial charge in [-0.05, 0) is 24.3 Å². The van der Waals surface area contributed by atoms with Gasteiger partial charge in [-0.15, -0.1) is 5.10 Å². The minimum absolute atomic E-state index is 0.0670. The molecule has 0 bridgehead atoms. The summed E-state index contributed by atoms with van der Waals surface area (Å²) in [6.07, 6.45) is 1.56. The molecule has 0 radical (unpaired) electrons. The standard InChI is InChI=1S/C11H14N4O/c1-14(2)9-3-5-10(6-4-9)15-11(8-16)7-12-13-15/h3-7,16H,8H2,1-2H3. The van der Waals surface area contributed by atoms with E-state index < -0.39 is 0 Å². The zero-order chi connectivity index (χ0) is 11.5. The Labute approximate surface area is 93.9 Å². The summed E-state index contributed by atoms with van der Waals surface area (Å²) in [7, 11) is 3.98. The first kappa shape index (κ1) is 10.6. The minimum atomic E-state index is -0.0670. The summed E-state index contributed by atoms with van der Waals surface area (Å²) in [4.78, 5) is 2.03. The van der Waals surface area contributed by atoms with Gasteiger partial charge in [-0.2, -0.15) is 0 Å². The van der Waals surface area contributed by atoms with Crippen LogP contribution in [-0.4, -0.2) is 34.2 Å². The van der Waals surface area contributed by atoms with Crippen LogP contribution in [0.3, 0.4) is 0 Å². The summed E-state index contributed by atoms with van der Waals surface area (Å²) in [6.45, 7) is -0.0670. The molecule has 0 fully saturated rings. The lowest BCUT2D eigenvalue weighted by molar-refractivity contribution is 0.273. The Hall–Kier alpha value is -1.88. The van der Waals surface area contributed by atoms with E-state index in [2.05, 4.69) is 10.3 Å². The fourth-order valence-corrected chi connectivity index (χ4v) is 1.47. The monoisotopic (exact) mass is 218 g/mol. The largest absolute Gasteiger partial charge is 0.390 e. The molecule has 0 atom stereocenters. The van der Waals surface area contributed by atoms with Crippen LogP contribution in [0.2, 0.25) is 0 Å². The fraction of sp³-hybridized carbons (Fsp3) is 0.273. The van der Waals surface area contributed by atoms with Crippen molar-refractivity contribution in [1.29, 1.82) is 0 Å². The maximum atomic E-state index is 9.10. The second-order valence-electron chi connectivity index (χ2n) is 3.71. The van der Waals surface area contributed by atoms with E-state index in [9.17, 15) is 0 Å². The molecule has 1 N–H and O–H groups in total. The normalized spacial score (nSPS) is 10.4. The van der Waals surface area contributed by atoms with E-state index in [0.29, 0.717) is 5.69 Å². The Morgan fingerprint density at radius 3 is 2.50 bits per heavy atom. The van der Waals surface area contributed by atoms with Crippen LogP contribution in [0, 0.1) is 0 Å². The number of hydrogen-bond acceptors (Lipinski definition) is 4. The van der Waals surface area contributed by atoms with Crippen LogP contribution in [0.5, 0.6) is 0 Å². The summed E-state index contributed by atoms with van der Waals surface area (Å²) in [5.74, 6) is 0. The highest BCUT2D eigenvalue weighted by atomic mass is 16.3. The van der Waals surface area contributed by atoms with Gasteiger partial charge in [0.1, 0.15) is 0 Å². The van der Waals surface area contributed by atoms with Gasteiger partial charge in [0.25, 0.3) is 0 Å². The van der Waals surface area contributed by atoms with Crippen molar-refractivity contribution in [2.75, 3.05) is 19.0 Å². The number of aromatic nitrogens is 3. The van der Waals surface area contributed by atoms with Crippen LogP contribution < -0.4 is 4.90 Å². The molecule has 5 heteroatoms. The minimum Gasteiger partial charge on any atom is -0.390 e. The van der Waals surface area contributed by atoms with Crippen LogP contribution in [-0.2, 0) is 6.61 Å². The number of benzene rings is 1. The summed E-state index contributed by atoms with van der Waals surface area (Å²) in [5, 5.41) is 16.8. The number of aliphatic hydroxyl groups is 1. The number of nitrogens with zero attached hydrogens (tertiary/aromatic N) is 4. The second-order valence-corrected chi connectivity index (χ2v) is 3.71. The van der Waals surface area contributed by atoms with E-state index in [1.807, 2.05) is 43.3 Å². The Balaban J connectivity index is 2.35. The van der Waals surface area contributed by atoms with Gasteiger partial charge >= 0.3 is 0 Å². The maximum Gasteiger partial charge on any atom is 0.0900 e. The van der Waals surface area contributed by atoms with Crippen molar-refractivity contribution >= 4 is 5.69 Å². The highest BCUT2D eigenvalue weighted by molar-refractivity contribution is 5.49. The molecule has 0 unspecified atom stereocenters. The van der Waals surface area contributed by atoms with Crippen molar-refractivity contribution in [3.8, 4) is 5.69 Å². The van der Waals surface area contributed by atoms with Gasteiger partial charge in [0, 0.05) is 19.8 Å². The Kier molecular flexibility index (Phi) is 2.87. The molecule has 2 rings (SSSR count). The Morgan fingerprint density at radius 2 is 1.94 bits per heavy atom. The molecule has 0 saturated heterocycles. The van der Waals surface area contributed by atoms with Crippen molar-refractivity contribution < 1.29 is 5.11 Å². The predicted octanol–water partition coefficient (Wildman–Crippen LogP) is 0.826. The maximum absolute atomic E-state index is 9.10. The van der Waals surface area contributed by atoms with Crippen LogP contribution in [0.1, 0.15) is 5.69 Å². The van der Waals surface area contributed by atoms with Gasteiger partial charge in [-0.25, -0.2) is 4.68 Å². The predicted molar refractivity (Wildman–Crippen MR) is 61.6 cm³/mol. The average molecular weight is 218 g/mol. The quantitative estimate of drug-likeness (QED) is 0.829. The van der Waals surface area contributed by atoms with Crippen molar-refractivity contribution in [3.63, 3.8) is 0 Å². The lowest BCUT2D eigenvalue weighted by atomic mass is 10.2. The molecule has 0 amide bonds. The lowest BCUT2D eigenvalue weighted by Gasteiger charge is -2.12. The van der Waals surface area contributed by atoms with E-state index in [1.165, 1.54) is 0 Å². The number of rotatable bonds is 3. The van der Waals surface area contributed by atoms with Gasteiger partial charge in [0.2, 0.25) is 0 Å². The molecule has 0 aliphatic rings. The molecule has 16 heavy (non-hydrogen) atoms. The third-order valence-electron chi connectivity index (χ3n) is 2.39. The molecular weight excluding hydrogens is 204 g/mol. The summed E-state index contributed by atoms with van der Waals surface area (Å²) in [5.41, 5.74) is 2.69. The van der Waals surface area contributed by atoms with Gasteiger partial charge in [0.05, 0.1) is 24.2 Å². The first-order valence-corrected chi connectivity index (χ1v) is 5.00. The van der Waals surface area contributed by atoms with Crippen LogP contribution in [0.25, 0.3) is 5.69 Å². The number of anilines is 1. The van der Waals surface area contributed by atoms with Gasteiger partial charge < -0.3 is 10.0 Å². The molecule has 0 aliphatic heterocycles. The zero-order valence-corrected chi connectivity index (χ0v) is 9.33. The average Bonchev–Trinajstić information content (AvgIpc) is 2.77. The van der Waals surface area contributed by atoms with E-state index >= 15 is 0 Å². The third-order valence-corrected chi connectivity index (χ3v) is 2.39. The van der Waals surface area contributed by atoms with Crippen molar-refractivity contribution in [1.82, 2.24) is 15.0 Å². The SMILES string of the molecule is CN(C)c1ccc(-n2nncc2CO)cc1. The second kappa shape index (κ2) is 4.32. The molecule has 2 aromatic rings. The van der Waals surface area contributed by atoms with Crippen LogP contribution in [0.4, 0.5) is 5.69 Å². The van der Waals surface area contributed by atoms with E-state index in [4.69, 9.17) is 5.11 Å². The van der Waals surface area contributed by atoms with E-state index in [0.717, 1.165) is 11.4 Å². The molecule has 1 aromatic carbocycles. The summed E-state index contributed by atoms with van der Waals surface area (Å²) >= 11 is 0. The summed E-state index contributed by atoms with van der Waals surface area (Å²) < 4.78 is 1.62.